The summed E-state index contributed by atoms with van der Waals surface area (Å²) in [6.45, 7) is 7.63. The summed E-state index contributed by atoms with van der Waals surface area (Å²) in [5.41, 5.74) is 0.576. The maximum absolute atomic E-state index is 11.5. The zero-order valence-electron chi connectivity index (χ0n) is 11.8. The Morgan fingerprint density at radius 1 is 1.37 bits per heavy atom. The van der Waals surface area contributed by atoms with Gasteiger partial charge in [0.25, 0.3) is 0 Å². The molecule has 1 rings (SSSR count). The molecule has 1 amide bonds. The van der Waals surface area contributed by atoms with E-state index in [1.165, 1.54) is 4.68 Å². The molecule has 0 aromatic carbocycles. The van der Waals surface area contributed by atoms with Gasteiger partial charge in [-0.25, -0.2) is 4.68 Å². The Labute approximate surface area is 113 Å². The third-order valence-corrected chi connectivity index (χ3v) is 2.31. The zero-order valence-corrected chi connectivity index (χ0v) is 11.8. The standard InChI is InChI=1S/C12H22N4O3/c1-4-7-13-11(17)9-16-8-10(14-15-16)12(18-5-2)19-6-3/h8,12H,4-7,9H2,1-3H3,(H,13,17). The van der Waals surface area contributed by atoms with Crippen molar-refractivity contribution >= 4 is 5.91 Å². The van der Waals surface area contributed by atoms with Crippen LogP contribution in [-0.2, 0) is 20.8 Å². The highest BCUT2D eigenvalue weighted by Gasteiger charge is 2.16. The Morgan fingerprint density at radius 3 is 2.63 bits per heavy atom. The van der Waals surface area contributed by atoms with Crippen LogP contribution in [0.15, 0.2) is 6.20 Å². The summed E-state index contributed by atoms with van der Waals surface area (Å²) < 4.78 is 12.3. The quantitative estimate of drug-likeness (QED) is 0.674. The van der Waals surface area contributed by atoms with Crippen molar-refractivity contribution in [1.82, 2.24) is 20.3 Å². The lowest BCUT2D eigenvalue weighted by atomic mass is 10.4. The van der Waals surface area contributed by atoms with Gasteiger partial charge in [0.2, 0.25) is 12.2 Å². The molecule has 7 nitrogen and oxygen atoms in total. The van der Waals surface area contributed by atoms with Crippen LogP contribution in [0.25, 0.3) is 0 Å². The van der Waals surface area contributed by atoms with Crippen LogP contribution in [0.4, 0.5) is 0 Å². The molecule has 0 aliphatic rings. The number of hydrogen-bond donors (Lipinski definition) is 1. The molecule has 108 valence electrons. The second-order valence-electron chi connectivity index (χ2n) is 3.93. The lowest BCUT2D eigenvalue weighted by Crippen LogP contribution is -2.28. The third kappa shape index (κ3) is 5.35. The zero-order chi connectivity index (χ0) is 14.1. The Kier molecular flexibility index (Phi) is 7.06. The summed E-state index contributed by atoms with van der Waals surface area (Å²) in [5, 5.41) is 10.6. The molecule has 0 saturated carbocycles. The van der Waals surface area contributed by atoms with Crippen molar-refractivity contribution in [1.29, 1.82) is 0 Å². The average molecular weight is 270 g/mol. The van der Waals surface area contributed by atoms with Crippen molar-refractivity contribution in [3.05, 3.63) is 11.9 Å². The van der Waals surface area contributed by atoms with Crippen molar-refractivity contribution in [2.75, 3.05) is 19.8 Å². The van der Waals surface area contributed by atoms with Crippen LogP contribution in [0.5, 0.6) is 0 Å². The first-order chi connectivity index (χ1) is 9.21. The number of amides is 1. The molecule has 0 aliphatic heterocycles. The Balaban J connectivity index is 2.56. The van der Waals surface area contributed by atoms with E-state index in [9.17, 15) is 4.79 Å². The topological polar surface area (TPSA) is 78.3 Å². The van der Waals surface area contributed by atoms with Crippen molar-refractivity contribution in [3.8, 4) is 0 Å². The van der Waals surface area contributed by atoms with Crippen LogP contribution < -0.4 is 5.32 Å². The van der Waals surface area contributed by atoms with E-state index >= 15 is 0 Å². The van der Waals surface area contributed by atoms with Crippen LogP contribution in [-0.4, -0.2) is 40.7 Å². The summed E-state index contributed by atoms with van der Waals surface area (Å²) in [6.07, 6.45) is 2.05. The molecular weight excluding hydrogens is 248 g/mol. The normalized spacial score (nSPS) is 10.9. The molecule has 19 heavy (non-hydrogen) atoms. The number of carbonyl (C=O) groups is 1. The lowest BCUT2D eigenvalue weighted by Gasteiger charge is -2.13. The first kappa shape index (κ1) is 15.6. The minimum Gasteiger partial charge on any atom is -0.355 e. The summed E-state index contributed by atoms with van der Waals surface area (Å²) in [4.78, 5) is 11.5. The fourth-order valence-corrected chi connectivity index (χ4v) is 1.49. The average Bonchev–Trinajstić information content (AvgIpc) is 2.84. The second-order valence-corrected chi connectivity index (χ2v) is 3.93. The molecule has 0 atom stereocenters. The van der Waals surface area contributed by atoms with E-state index in [1.807, 2.05) is 20.8 Å². The van der Waals surface area contributed by atoms with E-state index in [4.69, 9.17) is 9.47 Å². The van der Waals surface area contributed by atoms with Crippen LogP contribution in [0, 0.1) is 0 Å². The minimum absolute atomic E-state index is 0.0809. The van der Waals surface area contributed by atoms with E-state index in [-0.39, 0.29) is 12.5 Å². The fraction of sp³-hybridized carbons (Fsp3) is 0.750. The first-order valence-electron chi connectivity index (χ1n) is 6.61. The summed E-state index contributed by atoms with van der Waals surface area (Å²) in [6, 6.07) is 0. The first-order valence-corrected chi connectivity index (χ1v) is 6.61. The van der Waals surface area contributed by atoms with E-state index in [1.54, 1.807) is 6.20 Å². The predicted octanol–water partition coefficient (Wildman–Crippen LogP) is 0.876. The molecule has 0 aliphatic carbocycles. The minimum atomic E-state index is -0.526. The largest absolute Gasteiger partial charge is 0.355 e. The molecule has 1 N–H and O–H groups in total. The van der Waals surface area contributed by atoms with Gasteiger partial charge >= 0.3 is 0 Å². The molecule has 0 fully saturated rings. The monoisotopic (exact) mass is 270 g/mol. The van der Waals surface area contributed by atoms with E-state index < -0.39 is 6.29 Å². The molecule has 1 aromatic rings. The van der Waals surface area contributed by atoms with E-state index in [2.05, 4.69) is 15.6 Å². The Hall–Kier alpha value is -1.47. The molecule has 0 bridgehead atoms. The molecule has 0 spiro atoms. The van der Waals surface area contributed by atoms with Gasteiger partial charge in [0, 0.05) is 19.8 Å². The summed E-state index contributed by atoms with van der Waals surface area (Å²) >= 11 is 0. The summed E-state index contributed by atoms with van der Waals surface area (Å²) in [5.74, 6) is -0.0809. The van der Waals surface area contributed by atoms with Crippen LogP contribution >= 0.6 is 0 Å². The van der Waals surface area contributed by atoms with Gasteiger partial charge in [0.05, 0.1) is 6.20 Å². The molecule has 1 heterocycles. The van der Waals surface area contributed by atoms with Gasteiger partial charge in [0.1, 0.15) is 12.2 Å². The van der Waals surface area contributed by atoms with Gasteiger partial charge in [-0.05, 0) is 20.3 Å². The number of nitrogens with zero attached hydrogens (tertiary/aromatic N) is 3. The number of rotatable bonds is 9. The SMILES string of the molecule is CCCNC(=O)Cn1cc(C(OCC)OCC)nn1. The highest BCUT2D eigenvalue weighted by Crippen LogP contribution is 2.15. The maximum atomic E-state index is 11.5. The number of ether oxygens (including phenoxy) is 2. The van der Waals surface area contributed by atoms with Crippen molar-refractivity contribution < 1.29 is 14.3 Å². The number of hydrogen-bond acceptors (Lipinski definition) is 5. The number of aromatic nitrogens is 3. The van der Waals surface area contributed by atoms with Gasteiger partial charge in [-0.2, -0.15) is 0 Å². The van der Waals surface area contributed by atoms with Crippen molar-refractivity contribution in [2.24, 2.45) is 0 Å². The number of nitrogens with one attached hydrogen (secondary N) is 1. The highest BCUT2D eigenvalue weighted by atomic mass is 16.7. The molecule has 7 heteroatoms. The molecule has 1 aromatic heterocycles. The van der Waals surface area contributed by atoms with Crippen LogP contribution in [0.2, 0.25) is 0 Å². The molecular formula is C12H22N4O3. The Morgan fingerprint density at radius 2 is 2.05 bits per heavy atom. The van der Waals surface area contributed by atoms with Gasteiger partial charge < -0.3 is 14.8 Å². The molecule has 0 unspecified atom stereocenters. The van der Waals surface area contributed by atoms with Gasteiger partial charge in [0.15, 0.2) is 0 Å². The summed E-state index contributed by atoms with van der Waals surface area (Å²) in [7, 11) is 0. The third-order valence-electron chi connectivity index (χ3n) is 2.31. The maximum Gasteiger partial charge on any atom is 0.241 e. The second kappa shape index (κ2) is 8.60. The van der Waals surface area contributed by atoms with Crippen molar-refractivity contribution in [2.45, 2.75) is 40.0 Å². The number of carbonyl (C=O) groups excluding carboxylic acids is 1. The van der Waals surface area contributed by atoms with Gasteiger partial charge in [-0.3, -0.25) is 4.79 Å². The van der Waals surface area contributed by atoms with Crippen LogP contribution in [0.1, 0.15) is 39.2 Å². The van der Waals surface area contributed by atoms with Crippen molar-refractivity contribution in [3.63, 3.8) is 0 Å². The van der Waals surface area contributed by atoms with Gasteiger partial charge in [-0.1, -0.05) is 12.1 Å². The van der Waals surface area contributed by atoms with Gasteiger partial charge in [-0.15, -0.1) is 5.10 Å². The lowest BCUT2D eigenvalue weighted by molar-refractivity contribution is -0.142. The van der Waals surface area contributed by atoms with Crippen LogP contribution in [0.3, 0.4) is 0 Å². The van der Waals surface area contributed by atoms with E-state index in [0.29, 0.717) is 25.5 Å². The molecule has 0 radical (unpaired) electrons. The highest BCUT2D eigenvalue weighted by molar-refractivity contribution is 5.75. The molecule has 0 saturated heterocycles. The fourth-order valence-electron chi connectivity index (χ4n) is 1.49. The Bertz CT molecular complexity index is 375. The predicted molar refractivity (Wildman–Crippen MR) is 69.3 cm³/mol. The van der Waals surface area contributed by atoms with E-state index in [0.717, 1.165) is 6.42 Å². The smallest absolute Gasteiger partial charge is 0.241 e.